The van der Waals surface area contributed by atoms with Crippen LogP contribution in [0.5, 0.6) is 0 Å². The fraction of sp³-hybridized carbons (Fsp3) is 0. The lowest BCUT2D eigenvalue weighted by molar-refractivity contribution is 0.595. The summed E-state index contributed by atoms with van der Waals surface area (Å²) in [7, 11) is -3.95. The van der Waals surface area contributed by atoms with Crippen LogP contribution < -0.4 is 0 Å². The average Bonchev–Trinajstić information content (AvgIpc) is 3.66. The summed E-state index contributed by atoms with van der Waals surface area (Å²) >= 11 is 0. The Hall–Kier alpha value is -7.08. The number of nitrogens with zero attached hydrogens (tertiary/aromatic N) is 2. The van der Waals surface area contributed by atoms with Gasteiger partial charge in [0.1, 0.15) is 10.7 Å². The highest BCUT2D eigenvalue weighted by molar-refractivity contribution is 7.92. The molecule has 9 aromatic carbocycles. The van der Waals surface area contributed by atoms with Gasteiger partial charge in [-0.15, -0.1) is 0 Å². The molecule has 2 heterocycles. The van der Waals surface area contributed by atoms with E-state index in [1.807, 2.05) is 71.3 Å². The van der Waals surface area contributed by atoms with Crippen molar-refractivity contribution in [2.24, 2.45) is 0 Å². The predicted octanol–water partition coefficient (Wildman–Crippen LogP) is 12.8. The number of hydrogen-bond donors (Lipinski definition) is 0. The molecule has 1 aromatic heterocycles. The Balaban J connectivity index is 1.23. The molecule has 56 heavy (non-hydrogen) atoms. The number of para-hydroxylation sites is 1. The molecule has 0 aliphatic carbocycles. The fourth-order valence-electron chi connectivity index (χ4n) is 8.71. The third kappa shape index (κ3) is 4.84. The topological polar surface area (TPSA) is 52.0 Å². The Kier molecular flexibility index (Phi) is 7.21. The van der Waals surface area contributed by atoms with Crippen molar-refractivity contribution in [2.75, 3.05) is 0 Å². The van der Waals surface area contributed by atoms with E-state index in [1.54, 1.807) is 12.1 Å². The third-order valence-corrected chi connectivity index (χ3v) is 13.0. The fourth-order valence-corrected chi connectivity index (χ4v) is 10.5. The van der Waals surface area contributed by atoms with Crippen molar-refractivity contribution < 1.29 is 8.42 Å². The lowest BCUT2D eigenvalue weighted by Gasteiger charge is -2.24. The largest absolute Gasteiger partial charge is 0.290 e. The summed E-state index contributed by atoms with van der Waals surface area (Å²) in [6.07, 6.45) is 0. The van der Waals surface area contributed by atoms with Crippen LogP contribution in [0.1, 0.15) is 0 Å². The summed E-state index contributed by atoms with van der Waals surface area (Å²) < 4.78 is 31.9. The second kappa shape index (κ2) is 12.5. The van der Waals surface area contributed by atoms with Crippen molar-refractivity contribution in [2.45, 2.75) is 9.79 Å². The minimum absolute atomic E-state index is 0.265. The first-order chi connectivity index (χ1) is 27.6. The maximum absolute atomic E-state index is 14.9. The molecule has 0 N–H and O–H groups in total. The van der Waals surface area contributed by atoms with Gasteiger partial charge < -0.3 is 0 Å². The van der Waals surface area contributed by atoms with Crippen LogP contribution in [0.25, 0.3) is 94.2 Å². The molecule has 0 saturated heterocycles. The van der Waals surface area contributed by atoms with Crippen LogP contribution >= 0.6 is 0 Å². The van der Waals surface area contributed by atoms with Gasteiger partial charge in [-0.05, 0) is 90.8 Å². The molecule has 1 aliphatic rings. The van der Waals surface area contributed by atoms with Gasteiger partial charge in [-0.1, -0.05) is 164 Å². The number of aromatic nitrogens is 2. The van der Waals surface area contributed by atoms with Crippen molar-refractivity contribution in [1.29, 1.82) is 0 Å². The molecule has 0 atom stereocenters. The van der Waals surface area contributed by atoms with Gasteiger partial charge in [0.05, 0.1) is 21.6 Å². The van der Waals surface area contributed by atoms with Crippen molar-refractivity contribution in [1.82, 2.24) is 9.55 Å². The van der Waals surface area contributed by atoms with E-state index >= 15 is 0 Å². The SMILES string of the molecule is O=S1(=O)c2c(-c3ccc4c(-c5ccccc5)c5ccccc5c(-c5cccc(-c6ccccc6)c5)c4c3)cccc2-n2c(-c3ccccc3)nc3cccc1c32. The molecule has 4 nitrogen and oxygen atoms in total. The van der Waals surface area contributed by atoms with E-state index in [0.29, 0.717) is 28.1 Å². The van der Waals surface area contributed by atoms with E-state index < -0.39 is 9.84 Å². The number of imidazole rings is 1. The maximum atomic E-state index is 14.9. The average molecular weight is 737 g/mol. The first kappa shape index (κ1) is 32.4. The van der Waals surface area contributed by atoms with Gasteiger partial charge in [-0.2, -0.15) is 0 Å². The third-order valence-electron chi connectivity index (χ3n) is 11.1. The second-order valence-corrected chi connectivity index (χ2v) is 16.1. The Morgan fingerprint density at radius 3 is 1.71 bits per heavy atom. The van der Waals surface area contributed by atoms with E-state index in [1.165, 1.54) is 0 Å². The van der Waals surface area contributed by atoms with Crippen LogP contribution in [0.4, 0.5) is 0 Å². The molecule has 0 fully saturated rings. The smallest absolute Gasteiger partial charge is 0.211 e. The summed E-state index contributed by atoms with van der Waals surface area (Å²) in [5.41, 5.74) is 11.0. The van der Waals surface area contributed by atoms with Gasteiger partial charge in [0.25, 0.3) is 0 Å². The van der Waals surface area contributed by atoms with Crippen molar-refractivity contribution >= 4 is 42.4 Å². The van der Waals surface area contributed by atoms with Crippen LogP contribution in [0.2, 0.25) is 0 Å². The van der Waals surface area contributed by atoms with Crippen molar-refractivity contribution in [3.63, 3.8) is 0 Å². The molecule has 0 saturated carbocycles. The summed E-state index contributed by atoms with van der Waals surface area (Å²) in [5.74, 6) is 0.708. The molecule has 0 bridgehead atoms. The Morgan fingerprint density at radius 2 is 0.982 bits per heavy atom. The lowest BCUT2D eigenvalue weighted by Crippen LogP contribution is -2.16. The molecule has 0 radical (unpaired) electrons. The molecule has 264 valence electrons. The zero-order chi connectivity index (χ0) is 37.4. The number of sulfone groups is 1. The maximum Gasteiger partial charge on any atom is 0.211 e. The van der Waals surface area contributed by atoms with Gasteiger partial charge >= 0.3 is 0 Å². The van der Waals surface area contributed by atoms with E-state index in [2.05, 4.69) is 115 Å². The van der Waals surface area contributed by atoms with Crippen molar-refractivity contribution in [3.8, 4) is 61.6 Å². The summed E-state index contributed by atoms with van der Waals surface area (Å²) in [4.78, 5) is 5.55. The van der Waals surface area contributed by atoms with Crippen LogP contribution in [-0.4, -0.2) is 18.0 Å². The molecule has 1 aliphatic heterocycles. The first-order valence-corrected chi connectivity index (χ1v) is 20.2. The minimum atomic E-state index is -3.95. The Bertz CT molecular complexity index is 3300. The highest BCUT2D eigenvalue weighted by atomic mass is 32.2. The van der Waals surface area contributed by atoms with Gasteiger partial charge in [0.15, 0.2) is 0 Å². The van der Waals surface area contributed by atoms with Gasteiger partial charge in [-0.3, -0.25) is 4.57 Å². The van der Waals surface area contributed by atoms with E-state index in [9.17, 15) is 8.42 Å². The predicted molar refractivity (Wildman–Crippen MR) is 229 cm³/mol. The highest BCUT2D eigenvalue weighted by Crippen LogP contribution is 2.48. The highest BCUT2D eigenvalue weighted by Gasteiger charge is 2.36. The zero-order valence-corrected chi connectivity index (χ0v) is 30.9. The molecule has 0 spiro atoms. The molecule has 11 rings (SSSR count). The van der Waals surface area contributed by atoms with E-state index in [0.717, 1.165) is 66.1 Å². The number of rotatable bonds is 5. The van der Waals surface area contributed by atoms with Gasteiger partial charge in [-0.25, -0.2) is 13.4 Å². The molecule has 10 aromatic rings. The van der Waals surface area contributed by atoms with Crippen molar-refractivity contribution in [3.05, 3.63) is 194 Å². The van der Waals surface area contributed by atoms with Crippen LogP contribution in [0, 0.1) is 0 Å². The molecular formula is C51H32N2O2S. The van der Waals surface area contributed by atoms with E-state index in [4.69, 9.17) is 4.98 Å². The van der Waals surface area contributed by atoms with Crippen LogP contribution in [0.3, 0.4) is 0 Å². The summed E-state index contributed by atoms with van der Waals surface area (Å²) in [6, 6.07) is 66.0. The number of fused-ring (bicyclic) bond motifs is 4. The Labute approximate surface area is 324 Å². The zero-order valence-electron chi connectivity index (χ0n) is 30.1. The summed E-state index contributed by atoms with van der Waals surface area (Å²) in [5, 5.41) is 4.44. The molecule has 0 amide bonds. The second-order valence-electron chi connectivity index (χ2n) is 14.3. The Morgan fingerprint density at radius 1 is 0.411 bits per heavy atom. The number of benzene rings is 9. The molecule has 5 heteroatoms. The standard InChI is InChI=1S/C51H32N2O2S/c54-56(55)46-28-14-26-44-49(46)53(51(52-44)35-19-8-3-9-20-35)45-27-13-25-39(50(45)56)37-29-30-42-43(32-37)48(38-22-12-21-36(31-38)33-15-4-1-5-16-33)41-24-11-10-23-40(41)47(42)34-17-6-2-7-18-34/h1-32H. The van der Waals surface area contributed by atoms with Gasteiger partial charge in [0, 0.05) is 11.1 Å². The normalized spacial score (nSPS) is 12.9. The molecular weight excluding hydrogens is 705 g/mol. The number of hydrogen-bond acceptors (Lipinski definition) is 3. The van der Waals surface area contributed by atoms with E-state index in [-0.39, 0.29) is 9.79 Å². The van der Waals surface area contributed by atoms with Crippen LogP contribution in [0.15, 0.2) is 204 Å². The molecule has 0 unspecified atom stereocenters. The monoisotopic (exact) mass is 736 g/mol. The summed E-state index contributed by atoms with van der Waals surface area (Å²) in [6.45, 7) is 0. The lowest BCUT2D eigenvalue weighted by atomic mass is 9.84. The van der Waals surface area contributed by atoms with Crippen LogP contribution in [-0.2, 0) is 9.84 Å². The van der Waals surface area contributed by atoms with Gasteiger partial charge in [0.2, 0.25) is 9.84 Å². The minimum Gasteiger partial charge on any atom is -0.290 e. The first-order valence-electron chi connectivity index (χ1n) is 18.7. The quantitative estimate of drug-likeness (QED) is 0.165.